The number of hydrogen-bond donors (Lipinski definition) is 3. The number of amides is 1. The van der Waals surface area contributed by atoms with Gasteiger partial charge in [0.25, 0.3) is 5.91 Å². The molecule has 1 atom stereocenters. The summed E-state index contributed by atoms with van der Waals surface area (Å²) >= 11 is 1.95. The summed E-state index contributed by atoms with van der Waals surface area (Å²) in [5, 5.41) is 8.53. The molecule has 1 fully saturated rings. The van der Waals surface area contributed by atoms with Crippen molar-refractivity contribution in [3.63, 3.8) is 0 Å². The Bertz CT molecular complexity index is 826. The smallest absolute Gasteiger partial charge is 0.256 e. The van der Waals surface area contributed by atoms with E-state index in [0.717, 1.165) is 25.5 Å². The summed E-state index contributed by atoms with van der Waals surface area (Å²) in [4.78, 5) is 12.6. The van der Waals surface area contributed by atoms with E-state index < -0.39 is 23.4 Å². The summed E-state index contributed by atoms with van der Waals surface area (Å²) in [5.41, 5.74) is -0.428. The highest BCUT2D eigenvalue weighted by Gasteiger charge is 2.23. The quantitative estimate of drug-likeness (QED) is 0.588. The second-order valence-corrected chi connectivity index (χ2v) is 7.32. The zero-order chi connectivity index (χ0) is 18.7. The van der Waals surface area contributed by atoms with Crippen LogP contribution in [0.2, 0.25) is 0 Å². The maximum absolute atomic E-state index is 14.3. The minimum Gasteiger partial charge on any atom is -0.352 e. The molecular formula is C18H17F3IN3O. The van der Waals surface area contributed by atoms with Crippen LogP contribution < -0.4 is 16.0 Å². The first-order valence-electron chi connectivity index (χ1n) is 8.17. The molecule has 8 heteroatoms. The van der Waals surface area contributed by atoms with E-state index in [1.807, 2.05) is 22.6 Å². The van der Waals surface area contributed by atoms with Gasteiger partial charge in [-0.1, -0.05) is 0 Å². The van der Waals surface area contributed by atoms with Crippen LogP contribution in [0.5, 0.6) is 0 Å². The van der Waals surface area contributed by atoms with E-state index in [9.17, 15) is 18.0 Å². The van der Waals surface area contributed by atoms with Gasteiger partial charge in [-0.05, 0) is 66.2 Å². The molecule has 1 saturated heterocycles. The van der Waals surface area contributed by atoms with E-state index in [1.54, 1.807) is 6.07 Å². The average Bonchev–Trinajstić information content (AvgIpc) is 2.57. The van der Waals surface area contributed by atoms with Crippen LogP contribution in [0, 0.1) is 21.0 Å². The van der Waals surface area contributed by atoms with Crippen molar-refractivity contribution in [3.05, 3.63) is 56.9 Å². The number of rotatable bonds is 4. The molecule has 0 bridgehead atoms. The molecule has 0 saturated carbocycles. The van der Waals surface area contributed by atoms with Crippen LogP contribution in [-0.2, 0) is 0 Å². The van der Waals surface area contributed by atoms with Crippen molar-refractivity contribution in [2.45, 2.75) is 18.9 Å². The lowest BCUT2D eigenvalue weighted by Crippen LogP contribution is -2.45. The van der Waals surface area contributed by atoms with Gasteiger partial charge in [0.2, 0.25) is 0 Å². The molecule has 2 aromatic carbocycles. The number of anilines is 2. The summed E-state index contributed by atoms with van der Waals surface area (Å²) < 4.78 is 42.8. The summed E-state index contributed by atoms with van der Waals surface area (Å²) in [7, 11) is 0. The van der Waals surface area contributed by atoms with Crippen LogP contribution in [0.15, 0.2) is 30.3 Å². The number of benzene rings is 2. The number of halogens is 4. The number of nitrogens with one attached hydrogen (secondary N) is 3. The van der Waals surface area contributed by atoms with E-state index in [2.05, 4.69) is 16.0 Å². The molecule has 0 aliphatic carbocycles. The zero-order valence-electron chi connectivity index (χ0n) is 13.7. The SMILES string of the molecule is O=C(NC1CCCNC1)c1c(F)cc(F)cc1Nc1ccc(I)cc1F. The van der Waals surface area contributed by atoms with E-state index in [1.165, 1.54) is 12.1 Å². The van der Waals surface area contributed by atoms with Crippen molar-refractivity contribution >= 4 is 39.9 Å². The molecule has 2 aromatic rings. The molecule has 3 N–H and O–H groups in total. The highest BCUT2D eigenvalue weighted by atomic mass is 127. The van der Waals surface area contributed by atoms with Crippen molar-refractivity contribution in [3.8, 4) is 0 Å². The molecule has 1 aliphatic rings. The lowest BCUT2D eigenvalue weighted by molar-refractivity contribution is 0.0927. The normalized spacial score (nSPS) is 17.0. The van der Waals surface area contributed by atoms with Crippen LogP contribution in [-0.4, -0.2) is 25.0 Å². The maximum atomic E-state index is 14.3. The average molecular weight is 475 g/mol. The Morgan fingerprint density at radius 2 is 1.92 bits per heavy atom. The Morgan fingerprint density at radius 3 is 2.62 bits per heavy atom. The molecule has 138 valence electrons. The number of hydrogen-bond acceptors (Lipinski definition) is 3. The topological polar surface area (TPSA) is 53.2 Å². The lowest BCUT2D eigenvalue weighted by Gasteiger charge is -2.24. The molecule has 4 nitrogen and oxygen atoms in total. The first kappa shape index (κ1) is 19.0. The first-order chi connectivity index (χ1) is 12.4. The molecule has 1 unspecified atom stereocenters. The van der Waals surface area contributed by atoms with Crippen LogP contribution in [0.4, 0.5) is 24.5 Å². The third-order valence-electron chi connectivity index (χ3n) is 4.11. The van der Waals surface area contributed by atoms with Crippen LogP contribution in [0.3, 0.4) is 0 Å². The Morgan fingerprint density at radius 1 is 1.12 bits per heavy atom. The number of carbonyl (C=O) groups excluding carboxylic acids is 1. The van der Waals surface area contributed by atoms with Crippen LogP contribution in [0.25, 0.3) is 0 Å². The Balaban J connectivity index is 1.90. The van der Waals surface area contributed by atoms with Gasteiger partial charge in [-0.2, -0.15) is 0 Å². The van der Waals surface area contributed by atoms with Gasteiger partial charge in [-0.3, -0.25) is 4.79 Å². The molecule has 3 rings (SSSR count). The molecule has 26 heavy (non-hydrogen) atoms. The van der Waals surface area contributed by atoms with Gasteiger partial charge in [0.1, 0.15) is 17.5 Å². The number of carbonyl (C=O) groups is 1. The van der Waals surface area contributed by atoms with Crippen LogP contribution >= 0.6 is 22.6 Å². The van der Waals surface area contributed by atoms with Crippen molar-refractivity contribution in [1.29, 1.82) is 0 Å². The van der Waals surface area contributed by atoms with Crippen molar-refractivity contribution < 1.29 is 18.0 Å². The third-order valence-corrected chi connectivity index (χ3v) is 4.79. The third kappa shape index (κ3) is 4.47. The lowest BCUT2D eigenvalue weighted by atomic mass is 10.1. The minimum absolute atomic E-state index is 0.0313. The molecule has 1 heterocycles. The fourth-order valence-electron chi connectivity index (χ4n) is 2.87. The molecule has 0 spiro atoms. The van der Waals surface area contributed by atoms with Crippen LogP contribution in [0.1, 0.15) is 23.2 Å². The Hall–Kier alpha value is -1.81. The monoisotopic (exact) mass is 475 g/mol. The molecule has 0 aromatic heterocycles. The van der Waals surface area contributed by atoms with E-state index >= 15 is 0 Å². The fraction of sp³-hybridized carbons (Fsp3) is 0.278. The zero-order valence-corrected chi connectivity index (χ0v) is 15.9. The number of piperidine rings is 1. The highest BCUT2D eigenvalue weighted by Crippen LogP contribution is 2.27. The van der Waals surface area contributed by atoms with Crippen molar-refractivity contribution in [2.75, 3.05) is 18.4 Å². The Labute approximate surface area is 162 Å². The van der Waals surface area contributed by atoms with Gasteiger partial charge >= 0.3 is 0 Å². The molecule has 1 aliphatic heterocycles. The van der Waals surface area contributed by atoms with E-state index in [-0.39, 0.29) is 23.0 Å². The summed E-state index contributed by atoms with van der Waals surface area (Å²) in [6.07, 6.45) is 1.67. The molecule has 0 radical (unpaired) electrons. The van der Waals surface area contributed by atoms with Gasteiger partial charge < -0.3 is 16.0 Å². The second kappa shape index (κ2) is 8.26. The maximum Gasteiger partial charge on any atom is 0.256 e. The molecular weight excluding hydrogens is 458 g/mol. The van der Waals surface area contributed by atoms with Gasteiger partial charge in [0.15, 0.2) is 0 Å². The summed E-state index contributed by atoms with van der Waals surface area (Å²) in [6, 6.07) is 5.87. The Kier molecular flexibility index (Phi) is 6.02. The standard InChI is InChI=1S/C18H17F3IN3O/c19-10-6-14(21)17(18(26)24-12-2-1-5-23-9-12)16(7-10)25-15-4-3-11(22)8-13(15)20/h3-4,6-8,12,23,25H,1-2,5,9H2,(H,24,26). The predicted octanol–water partition coefficient (Wildman–Crippen LogP) is 3.93. The van der Waals surface area contributed by atoms with Gasteiger partial charge in [0.05, 0.1) is 16.9 Å². The summed E-state index contributed by atoms with van der Waals surface area (Å²) in [6.45, 7) is 1.46. The largest absolute Gasteiger partial charge is 0.352 e. The van der Waals surface area contributed by atoms with Gasteiger partial charge in [-0.25, -0.2) is 13.2 Å². The van der Waals surface area contributed by atoms with Crippen molar-refractivity contribution in [1.82, 2.24) is 10.6 Å². The van der Waals surface area contributed by atoms with Gasteiger partial charge in [0, 0.05) is 22.2 Å². The van der Waals surface area contributed by atoms with Gasteiger partial charge in [-0.15, -0.1) is 0 Å². The minimum atomic E-state index is -1.00. The van der Waals surface area contributed by atoms with Crippen molar-refractivity contribution in [2.24, 2.45) is 0 Å². The summed E-state index contributed by atoms with van der Waals surface area (Å²) in [5.74, 6) is -3.10. The predicted molar refractivity (Wildman–Crippen MR) is 102 cm³/mol. The molecule has 1 amide bonds. The fourth-order valence-corrected chi connectivity index (χ4v) is 3.32. The van der Waals surface area contributed by atoms with E-state index in [4.69, 9.17) is 0 Å². The highest BCUT2D eigenvalue weighted by molar-refractivity contribution is 14.1. The first-order valence-corrected chi connectivity index (χ1v) is 9.24. The second-order valence-electron chi connectivity index (χ2n) is 6.08. The van der Waals surface area contributed by atoms with E-state index in [0.29, 0.717) is 16.2 Å².